The van der Waals surface area contributed by atoms with Gasteiger partial charge in [0.05, 0.1) is 0 Å². The van der Waals surface area contributed by atoms with E-state index >= 15 is 0 Å². The van der Waals surface area contributed by atoms with Gasteiger partial charge >= 0.3 is 0 Å². The first-order valence-corrected chi connectivity index (χ1v) is 8.69. The van der Waals surface area contributed by atoms with Crippen LogP contribution in [0, 0.1) is 5.82 Å². The first kappa shape index (κ1) is 16.6. The second-order valence-corrected chi connectivity index (χ2v) is 6.53. The molecule has 0 fully saturated rings. The molecule has 0 spiro atoms. The summed E-state index contributed by atoms with van der Waals surface area (Å²) in [6, 6.07) is 21.9. The van der Waals surface area contributed by atoms with Gasteiger partial charge in [-0.2, -0.15) is 0 Å². The molecule has 3 aromatic carbocycles. The number of phenols is 1. The summed E-state index contributed by atoms with van der Waals surface area (Å²) in [4.78, 5) is 2.18. The summed E-state index contributed by atoms with van der Waals surface area (Å²) in [6.45, 7) is 1.77. The van der Waals surface area contributed by atoms with Gasteiger partial charge < -0.3 is 9.84 Å². The minimum Gasteiger partial charge on any atom is -0.508 e. The smallest absolute Gasteiger partial charge is 0.139 e. The van der Waals surface area contributed by atoms with Crippen molar-refractivity contribution in [2.75, 3.05) is 6.54 Å². The van der Waals surface area contributed by atoms with E-state index in [9.17, 15) is 9.50 Å². The van der Waals surface area contributed by atoms with Crippen LogP contribution in [0.3, 0.4) is 0 Å². The predicted octanol–water partition coefficient (Wildman–Crippen LogP) is 4.67. The predicted molar refractivity (Wildman–Crippen MR) is 98.4 cm³/mol. The molecule has 1 unspecified atom stereocenters. The van der Waals surface area contributed by atoms with Gasteiger partial charge in [0.1, 0.15) is 23.4 Å². The molecule has 0 saturated heterocycles. The van der Waals surface area contributed by atoms with Crippen LogP contribution in [0.1, 0.15) is 22.8 Å². The van der Waals surface area contributed by atoms with Crippen LogP contribution < -0.4 is 4.74 Å². The molecule has 1 N–H and O–H groups in total. The van der Waals surface area contributed by atoms with Crippen LogP contribution in [-0.4, -0.2) is 16.6 Å². The van der Waals surface area contributed by atoms with Crippen molar-refractivity contribution >= 4 is 0 Å². The summed E-state index contributed by atoms with van der Waals surface area (Å²) < 4.78 is 20.5. The van der Waals surface area contributed by atoms with E-state index in [4.69, 9.17) is 4.74 Å². The van der Waals surface area contributed by atoms with Gasteiger partial charge in [-0.1, -0.05) is 54.6 Å². The molecular formula is C22H20FNO2. The Hall–Kier alpha value is -2.85. The number of phenolic OH excluding ortho intramolecular Hbond substituents is 1. The maximum absolute atomic E-state index is 14.4. The Bertz CT molecular complexity index is 912. The molecule has 3 aromatic rings. The first-order valence-electron chi connectivity index (χ1n) is 8.69. The molecule has 0 aliphatic carbocycles. The summed E-state index contributed by atoms with van der Waals surface area (Å²) in [6.07, 6.45) is -0.411. The van der Waals surface area contributed by atoms with Gasteiger partial charge in [-0.15, -0.1) is 0 Å². The third-order valence-electron chi connectivity index (χ3n) is 4.70. The monoisotopic (exact) mass is 349 g/mol. The summed E-state index contributed by atoms with van der Waals surface area (Å²) in [5, 5.41) is 10.1. The number of aromatic hydroxyl groups is 1. The Labute approximate surface area is 152 Å². The quantitative estimate of drug-likeness (QED) is 0.746. The minimum atomic E-state index is -0.411. The normalized spacial score (nSPS) is 17.2. The average Bonchev–Trinajstić information content (AvgIpc) is 2.83. The molecular weight excluding hydrogens is 329 g/mol. The highest BCUT2D eigenvalue weighted by Gasteiger charge is 2.26. The minimum absolute atomic E-state index is 0.264. The standard InChI is InChI=1S/C22H20FNO2/c23-19-10-4-3-9-18(19)22-15-24(13-16-7-1-5-11-20(16)25)14-17-8-2-6-12-21(17)26-22/h1-12,22,25H,13-15H2. The van der Waals surface area contributed by atoms with Crippen LogP contribution >= 0.6 is 0 Å². The molecule has 0 aromatic heterocycles. The van der Waals surface area contributed by atoms with E-state index in [0.717, 1.165) is 16.9 Å². The van der Waals surface area contributed by atoms with Crippen LogP contribution in [0.5, 0.6) is 11.5 Å². The van der Waals surface area contributed by atoms with E-state index in [1.165, 1.54) is 6.07 Å². The summed E-state index contributed by atoms with van der Waals surface area (Å²) in [5.41, 5.74) is 2.45. The van der Waals surface area contributed by atoms with E-state index in [1.54, 1.807) is 18.2 Å². The van der Waals surface area contributed by atoms with E-state index in [-0.39, 0.29) is 11.6 Å². The van der Waals surface area contributed by atoms with Gasteiger partial charge in [0, 0.05) is 36.3 Å². The van der Waals surface area contributed by atoms with E-state index < -0.39 is 6.10 Å². The number of nitrogens with zero attached hydrogens (tertiary/aromatic N) is 1. The van der Waals surface area contributed by atoms with Crippen LogP contribution in [0.15, 0.2) is 72.8 Å². The fourth-order valence-electron chi connectivity index (χ4n) is 3.38. The van der Waals surface area contributed by atoms with Crippen LogP contribution in [0.4, 0.5) is 4.39 Å². The van der Waals surface area contributed by atoms with Gasteiger partial charge in [0.2, 0.25) is 0 Å². The molecule has 0 saturated carbocycles. The van der Waals surface area contributed by atoms with Gasteiger partial charge in [-0.25, -0.2) is 4.39 Å². The molecule has 4 heteroatoms. The van der Waals surface area contributed by atoms with Crippen LogP contribution in [0.25, 0.3) is 0 Å². The highest BCUT2D eigenvalue weighted by atomic mass is 19.1. The lowest BCUT2D eigenvalue weighted by Crippen LogP contribution is -2.28. The van der Waals surface area contributed by atoms with Crippen molar-refractivity contribution in [3.63, 3.8) is 0 Å². The van der Waals surface area contributed by atoms with Crippen LogP contribution in [-0.2, 0) is 13.1 Å². The summed E-state index contributed by atoms with van der Waals surface area (Å²) >= 11 is 0. The van der Waals surface area contributed by atoms with E-state index in [2.05, 4.69) is 4.90 Å². The van der Waals surface area contributed by atoms with Gasteiger partial charge in [-0.05, 0) is 18.2 Å². The van der Waals surface area contributed by atoms with Crippen molar-refractivity contribution < 1.29 is 14.2 Å². The molecule has 1 atom stereocenters. The number of hydrogen-bond acceptors (Lipinski definition) is 3. The van der Waals surface area contributed by atoms with Gasteiger partial charge in [0.25, 0.3) is 0 Å². The molecule has 0 amide bonds. The average molecular weight is 349 g/mol. The maximum Gasteiger partial charge on any atom is 0.139 e. The van der Waals surface area contributed by atoms with E-state index in [0.29, 0.717) is 25.2 Å². The molecule has 4 rings (SSSR count). The van der Waals surface area contributed by atoms with Crippen molar-refractivity contribution in [3.05, 3.63) is 95.3 Å². The highest BCUT2D eigenvalue weighted by Crippen LogP contribution is 2.33. The zero-order valence-corrected chi connectivity index (χ0v) is 14.3. The number of hydrogen-bond donors (Lipinski definition) is 1. The molecule has 0 bridgehead atoms. The number of para-hydroxylation sites is 2. The number of fused-ring (bicyclic) bond motifs is 1. The van der Waals surface area contributed by atoms with E-state index in [1.807, 2.05) is 48.5 Å². The maximum atomic E-state index is 14.4. The number of ether oxygens (including phenoxy) is 1. The molecule has 1 aliphatic rings. The third kappa shape index (κ3) is 3.41. The van der Waals surface area contributed by atoms with Crippen LogP contribution in [0.2, 0.25) is 0 Å². The van der Waals surface area contributed by atoms with Crippen molar-refractivity contribution in [1.29, 1.82) is 0 Å². The summed E-state index contributed by atoms with van der Waals surface area (Å²) in [5.74, 6) is 0.785. The number of rotatable bonds is 3. The lowest BCUT2D eigenvalue weighted by Gasteiger charge is -2.24. The Morgan fingerprint density at radius 2 is 1.69 bits per heavy atom. The topological polar surface area (TPSA) is 32.7 Å². The Kier molecular flexibility index (Phi) is 4.59. The lowest BCUT2D eigenvalue weighted by molar-refractivity contribution is 0.140. The second-order valence-electron chi connectivity index (χ2n) is 6.53. The lowest BCUT2D eigenvalue weighted by atomic mass is 10.1. The van der Waals surface area contributed by atoms with Crippen molar-refractivity contribution in [2.45, 2.75) is 19.2 Å². The van der Waals surface area contributed by atoms with Crippen molar-refractivity contribution in [3.8, 4) is 11.5 Å². The van der Waals surface area contributed by atoms with Crippen molar-refractivity contribution in [2.24, 2.45) is 0 Å². The Morgan fingerprint density at radius 1 is 0.962 bits per heavy atom. The Balaban J connectivity index is 1.69. The third-order valence-corrected chi connectivity index (χ3v) is 4.70. The molecule has 3 nitrogen and oxygen atoms in total. The molecule has 0 radical (unpaired) electrons. The van der Waals surface area contributed by atoms with Crippen molar-refractivity contribution in [1.82, 2.24) is 4.90 Å². The SMILES string of the molecule is Oc1ccccc1CN1Cc2ccccc2OC(c2ccccc2F)C1. The first-order chi connectivity index (χ1) is 12.7. The molecule has 1 aliphatic heterocycles. The van der Waals surface area contributed by atoms with Gasteiger partial charge in [0.15, 0.2) is 0 Å². The highest BCUT2D eigenvalue weighted by molar-refractivity contribution is 5.36. The molecule has 132 valence electrons. The summed E-state index contributed by atoms with van der Waals surface area (Å²) in [7, 11) is 0. The second kappa shape index (κ2) is 7.18. The van der Waals surface area contributed by atoms with Gasteiger partial charge in [-0.3, -0.25) is 4.90 Å². The fraction of sp³-hybridized carbons (Fsp3) is 0.182. The zero-order chi connectivity index (χ0) is 17.9. The number of benzene rings is 3. The molecule has 1 heterocycles. The Morgan fingerprint density at radius 3 is 2.54 bits per heavy atom. The number of halogens is 1. The molecule has 26 heavy (non-hydrogen) atoms. The zero-order valence-electron chi connectivity index (χ0n) is 14.3. The largest absolute Gasteiger partial charge is 0.508 e. The fourth-order valence-corrected chi connectivity index (χ4v) is 3.38.